The number of allylic oxidation sites excluding steroid dienone is 3. The summed E-state index contributed by atoms with van der Waals surface area (Å²) in [6, 6.07) is 0. The summed E-state index contributed by atoms with van der Waals surface area (Å²) >= 11 is 3.53. The van der Waals surface area contributed by atoms with E-state index < -0.39 is 0 Å². The van der Waals surface area contributed by atoms with Crippen molar-refractivity contribution < 1.29 is 0 Å². The van der Waals surface area contributed by atoms with Crippen LogP contribution in [0.3, 0.4) is 0 Å². The highest BCUT2D eigenvalue weighted by Gasteiger charge is 2.22. The number of hydrogen-bond donors (Lipinski definition) is 0. The Labute approximate surface area is 77.5 Å². The molecular formula is C10H15Br. The highest BCUT2D eigenvalue weighted by molar-refractivity contribution is 9.09. The maximum Gasteiger partial charge on any atom is 0.0250 e. The third kappa shape index (κ3) is 1.76. The third-order valence-electron chi connectivity index (χ3n) is 2.52. The molecule has 0 spiro atoms. The van der Waals surface area contributed by atoms with Gasteiger partial charge in [-0.2, -0.15) is 0 Å². The summed E-state index contributed by atoms with van der Waals surface area (Å²) in [7, 11) is 0. The zero-order chi connectivity index (χ0) is 8.43. The van der Waals surface area contributed by atoms with Crippen molar-refractivity contribution >= 4 is 15.9 Å². The Bertz CT molecular complexity index is 201. The first kappa shape index (κ1) is 9.05. The van der Waals surface area contributed by atoms with E-state index in [1.165, 1.54) is 18.4 Å². The molecule has 1 atom stereocenters. The first-order valence-electron chi connectivity index (χ1n) is 4.06. The molecule has 0 saturated heterocycles. The molecule has 0 aromatic carbocycles. The zero-order valence-electron chi connectivity index (χ0n) is 7.28. The SMILES string of the molecule is C=C(C)C1CCC(C)=C1CBr. The molecule has 0 fully saturated rings. The minimum Gasteiger partial charge on any atom is -0.0995 e. The molecule has 0 nitrogen and oxygen atoms in total. The van der Waals surface area contributed by atoms with Crippen LogP contribution in [0.2, 0.25) is 0 Å². The smallest absolute Gasteiger partial charge is 0.0250 e. The molecule has 0 bridgehead atoms. The van der Waals surface area contributed by atoms with Gasteiger partial charge < -0.3 is 0 Å². The van der Waals surface area contributed by atoms with Gasteiger partial charge in [0.1, 0.15) is 0 Å². The minimum atomic E-state index is 0.661. The molecule has 1 heteroatoms. The molecule has 11 heavy (non-hydrogen) atoms. The lowest BCUT2D eigenvalue weighted by molar-refractivity contribution is 0.701. The molecule has 0 heterocycles. The van der Waals surface area contributed by atoms with Gasteiger partial charge in [-0.15, -0.1) is 0 Å². The van der Waals surface area contributed by atoms with Crippen LogP contribution in [0.4, 0.5) is 0 Å². The van der Waals surface area contributed by atoms with Crippen LogP contribution in [0.1, 0.15) is 26.7 Å². The number of hydrogen-bond acceptors (Lipinski definition) is 0. The molecular weight excluding hydrogens is 200 g/mol. The molecule has 62 valence electrons. The summed E-state index contributed by atoms with van der Waals surface area (Å²) in [4.78, 5) is 0. The monoisotopic (exact) mass is 214 g/mol. The lowest BCUT2D eigenvalue weighted by Gasteiger charge is -2.12. The van der Waals surface area contributed by atoms with Crippen LogP contribution in [0.5, 0.6) is 0 Å². The second-order valence-electron chi connectivity index (χ2n) is 3.38. The second kappa shape index (κ2) is 3.57. The Morgan fingerprint density at radius 2 is 2.36 bits per heavy atom. The van der Waals surface area contributed by atoms with Crippen molar-refractivity contribution in [1.82, 2.24) is 0 Å². The predicted octanol–water partition coefficient (Wildman–Crippen LogP) is 3.68. The van der Waals surface area contributed by atoms with Crippen LogP contribution in [-0.4, -0.2) is 5.33 Å². The predicted molar refractivity (Wildman–Crippen MR) is 54.0 cm³/mol. The topological polar surface area (TPSA) is 0 Å². The Hall–Kier alpha value is -0.0400. The molecule has 0 amide bonds. The third-order valence-corrected chi connectivity index (χ3v) is 3.12. The molecule has 0 aliphatic heterocycles. The van der Waals surface area contributed by atoms with E-state index in [-0.39, 0.29) is 0 Å². The van der Waals surface area contributed by atoms with Gasteiger partial charge in [-0.1, -0.05) is 39.2 Å². The molecule has 1 unspecified atom stereocenters. The summed E-state index contributed by atoms with van der Waals surface area (Å²) in [5.74, 6) is 0.661. The van der Waals surface area contributed by atoms with Crippen LogP contribution in [0.15, 0.2) is 23.3 Å². The Morgan fingerprint density at radius 1 is 1.73 bits per heavy atom. The van der Waals surface area contributed by atoms with Gasteiger partial charge in [0.2, 0.25) is 0 Å². The van der Waals surface area contributed by atoms with Gasteiger partial charge in [0.25, 0.3) is 0 Å². The van der Waals surface area contributed by atoms with E-state index >= 15 is 0 Å². The maximum absolute atomic E-state index is 4.01. The number of rotatable bonds is 2. The standard InChI is InChI=1S/C10H15Br/c1-7(2)9-5-4-8(3)10(9)6-11/h9H,1,4-6H2,2-3H3. The average molecular weight is 215 g/mol. The van der Waals surface area contributed by atoms with Gasteiger partial charge in [0, 0.05) is 11.2 Å². The quantitative estimate of drug-likeness (QED) is 0.486. The van der Waals surface area contributed by atoms with Crippen molar-refractivity contribution in [1.29, 1.82) is 0 Å². The molecule has 0 saturated carbocycles. The van der Waals surface area contributed by atoms with E-state index in [0.717, 1.165) is 5.33 Å². The van der Waals surface area contributed by atoms with E-state index in [1.807, 2.05) is 0 Å². The summed E-state index contributed by atoms with van der Waals surface area (Å²) < 4.78 is 0. The van der Waals surface area contributed by atoms with Gasteiger partial charge >= 0.3 is 0 Å². The summed E-state index contributed by atoms with van der Waals surface area (Å²) in [6.07, 6.45) is 2.54. The van der Waals surface area contributed by atoms with Crippen LogP contribution in [0, 0.1) is 5.92 Å². The van der Waals surface area contributed by atoms with Crippen molar-refractivity contribution in [3.8, 4) is 0 Å². The van der Waals surface area contributed by atoms with Gasteiger partial charge in [0.05, 0.1) is 0 Å². The fraction of sp³-hybridized carbons (Fsp3) is 0.600. The fourth-order valence-corrected chi connectivity index (χ4v) is 2.61. The van der Waals surface area contributed by atoms with Crippen LogP contribution >= 0.6 is 15.9 Å². The van der Waals surface area contributed by atoms with E-state index in [1.54, 1.807) is 11.1 Å². The largest absolute Gasteiger partial charge is 0.0995 e. The van der Waals surface area contributed by atoms with E-state index in [9.17, 15) is 0 Å². The van der Waals surface area contributed by atoms with Gasteiger partial charge in [-0.05, 0) is 26.7 Å². The lowest BCUT2D eigenvalue weighted by atomic mass is 9.95. The first-order chi connectivity index (χ1) is 5.16. The van der Waals surface area contributed by atoms with Crippen LogP contribution < -0.4 is 0 Å². The molecule has 1 aliphatic carbocycles. The van der Waals surface area contributed by atoms with Crippen molar-refractivity contribution in [2.75, 3.05) is 5.33 Å². The summed E-state index contributed by atoms with van der Waals surface area (Å²) in [5.41, 5.74) is 4.45. The van der Waals surface area contributed by atoms with E-state index in [4.69, 9.17) is 0 Å². The fourth-order valence-electron chi connectivity index (χ4n) is 1.74. The Kier molecular flexibility index (Phi) is 2.94. The molecule has 1 aliphatic rings. The summed E-state index contributed by atoms with van der Waals surface area (Å²) in [6.45, 7) is 8.38. The average Bonchev–Trinajstić information content (AvgIpc) is 2.30. The minimum absolute atomic E-state index is 0.661. The Morgan fingerprint density at radius 3 is 2.73 bits per heavy atom. The van der Waals surface area contributed by atoms with E-state index in [0.29, 0.717) is 5.92 Å². The van der Waals surface area contributed by atoms with Gasteiger partial charge in [-0.25, -0.2) is 0 Å². The number of halogens is 1. The maximum atomic E-state index is 4.01. The lowest BCUT2D eigenvalue weighted by Crippen LogP contribution is -2.01. The Balaban J connectivity index is 2.80. The normalized spacial score (nSPS) is 24.5. The van der Waals surface area contributed by atoms with Crippen molar-refractivity contribution in [2.45, 2.75) is 26.7 Å². The molecule has 0 radical (unpaired) electrons. The first-order valence-corrected chi connectivity index (χ1v) is 5.18. The zero-order valence-corrected chi connectivity index (χ0v) is 8.87. The second-order valence-corrected chi connectivity index (χ2v) is 3.94. The number of alkyl halides is 1. The van der Waals surface area contributed by atoms with E-state index in [2.05, 4.69) is 36.4 Å². The van der Waals surface area contributed by atoms with Crippen LogP contribution in [-0.2, 0) is 0 Å². The molecule has 0 N–H and O–H groups in total. The highest BCUT2D eigenvalue weighted by atomic mass is 79.9. The van der Waals surface area contributed by atoms with Crippen molar-refractivity contribution in [3.63, 3.8) is 0 Å². The van der Waals surface area contributed by atoms with Crippen molar-refractivity contribution in [2.24, 2.45) is 5.92 Å². The van der Waals surface area contributed by atoms with Gasteiger partial charge in [-0.3, -0.25) is 0 Å². The van der Waals surface area contributed by atoms with Crippen LogP contribution in [0.25, 0.3) is 0 Å². The van der Waals surface area contributed by atoms with Gasteiger partial charge in [0.15, 0.2) is 0 Å². The molecule has 1 rings (SSSR count). The highest BCUT2D eigenvalue weighted by Crippen LogP contribution is 2.36. The molecule has 0 aromatic rings. The summed E-state index contributed by atoms with van der Waals surface area (Å²) in [5, 5.41) is 1.02. The molecule has 0 aromatic heterocycles. The van der Waals surface area contributed by atoms with Crippen molar-refractivity contribution in [3.05, 3.63) is 23.3 Å².